The lowest BCUT2D eigenvalue weighted by Gasteiger charge is -2.27. The van der Waals surface area contributed by atoms with E-state index in [1.165, 1.54) is 62.0 Å². The maximum absolute atomic E-state index is 13.8. The van der Waals surface area contributed by atoms with E-state index in [2.05, 4.69) is 41.3 Å². The fraction of sp³-hybridized carbons (Fsp3) is 0.349. The lowest BCUT2D eigenvalue weighted by atomic mass is 10.1. The molecule has 0 unspecified atom stereocenters. The predicted octanol–water partition coefficient (Wildman–Crippen LogP) is 10.3. The van der Waals surface area contributed by atoms with Crippen molar-refractivity contribution in [1.82, 2.24) is 24.9 Å². The van der Waals surface area contributed by atoms with E-state index in [0.717, 1.165) is 46.9 Å². The first-order chi connectivity index (χ1) is 49.2. The zero-order valence-electron chi connectivity index (χ0n) is 57.1. The number of ether oxygens (including phenoxy) is 4. The monoisotopic (exact) mass is 1530 g/mol. The minimum absolute atomic E-state index is 0.0181. The summed E-state index contributed by atoms with van der Waals surface area (Å²) < 4.78 is 115. The normalized spacial score (nSPS) is 13.7. The van der Waals surface area contributed by atoms with Gasteiger partial charge in [0.2, 0.25) is 22.2 Å². The number of ketones is 2. The van der Waals surface area contributed by atoms with Crippen LogP contribution in [0.3, 0.4) is 0 Å². The maximum atomic E-state index is 13.8. The number of thioether (sulfide) groups is 1. The number of aromatic nitrogens is 5. The lowest BCUT2D eigenvalue weighted by Crippen LogP contribution is -2.36. The van der Waals surface area contributed by atoms with E-state index in [4.69, 9.17) is 66.7 Å². The van der Waals surface area contributed by atoms with Crippen LogP contribution in [0.5, 0.6) is 11.5 Å². The van der Waals surface area contributed by atoms with Crippen LogP contribution in [0.25, 0.3) is 12.2 Å². The topological polar surface area (TPSA) is 440 Å². The molecule has 34 nitrogen and oxygen atoms in total. The van der Waals surface area contributed by atoms with Crippen LogP contribution in [-0.4, -0.2) is 186 Å². The van der Waals surface area contributed by atoms with Crippen molar-refractivity contribution in [1.29, 1.82) is 0 Å². The zero-order valence-corrected chi connectivity index (χ0v) is 62.0. The molecule has 0 radical (unpaired) electrons. The summed E-state index contributed by atoms with van der Waals surface area (Å²) in [4.78, 5) is 86.3. The summed E-state index contributed by atoms with van der Waals surface area (Å²) in [6.45, 7) is 18.1. The number of nitrogens with zero attached hydrogens (tertiary/aromatic N) is 13. The standard InChI is InChI=1S/C63H73N17O14S5.O3S/c1-10-77(11-2)49-33-45(47(35-51(49)91-8)73-75-62-68-55(79-21-25-93-26-22-79)53(96-62)31-43(37(6)81)57(83)64-39-17-15-19-41(29-39)98(85,86)87)66-59-70-60(72-61(71-59)95-14-5)67-46-34-50(78(12-3)13-4)52(92-9)36-48(46)74-76-63-69-56(80-23-27-94-28-24-80)54(97-63)32-44(38(7)82)58(84)65-40-18-16-20-42(30-40)99(88,89)90;1-4(2)3/h15-20,29-36H,10-14,21-28H2,1-9H3,(H,64,83)(H,65,84)(H,85,86,87)(H,88,89,90)(H2,66,67,70,71,72);/b43-31-,44-32+,75-73?,76-74?;. The fourth-order valence-corrected chi connectivity index (χ4v) is 13.5. The molecule has 2 aliphatic heterocycles. The highest BCUT2D eigenvalue weighted by atomic mass is 32.2. The van der Waals surface area contributed by atoms with Gasteiger partial charge in [-0.3, -0.25) is 28.3 Å². The number of nitrogens with one attached hydrogen (secondary N) is 4. The van der Waals surface area contributed by atoms with Crippen molar-refractivity contribution >= 4 is 180 Å². The number of benzene rings is 4. The number of hydrogen-bond donors (Lipinski definition) is 6. The Balaban J connectivity index is 0.00000327. The van der Waals surface area contributed by atoms with Crippen LogP contribution in [0.15, 0.2) is 119 Å². The molecule has 3 aromatic heterocycles. The van der Waals surface area contributed by atoms with Crippen molar-refractivity contribution in [2.45, 2.75) is 63.4 Å². The minimum Gasteiger partial charge on any atom is -0.494 e. The largest absolute Gasteiger partial charge is 0.494 e. The highest BCUT2D eigenvalue weighted by molar-refractivity contribution is 7.99. The Morgan fingerprint density at radius 1 is 0.592 bits per heavy atom. The SMILES string of the molecule is CCSc1nc(Nc2cc(N(CC)CC)c(OC)cc2N=Nc2nc(N3CCOCC3)c(/C=C(/C(C)=O)C(=O)Nc3cccc(S(=O)(=O)O)c3)s2)nc(Nc2cc(N(CC)CC)c(OC)cc2N=Nc2nc(N3CCOCC3)c(/C=C(\C(C)=O)C(=O)Nc3cccc(S(=O)(=O)O)c3)s2)n1.O=S(=O)=O. The third-order valence-corrected chi connectivity index (χ3v) is 19.3. The molecule has 2 aliphatic rings. The smallest absolute Gasteiger partial charge is 0.425 e. The van der Waals surface area contributed by atoms with Crippen molar-refractivity contribution in [3.8, 4) is 11.5 Å². The molecule has 6 N–H and O–H groups in total. The summed E-state index contributed by atoms with van der Waals surface area (Å²) in [5.74, 6) is -0.379. The summed E-state index contributed by atoms with van der Waals surface area (Å²) in [6.07, 6.45) is 2.78. The Labute approximate surface area is 606 Å². The predicted molar refractivity (Wildman–Crippen MR) is 391 cm³/mol. The average Bonchev–Trinajstić information content (AvgIpc) is 1.69. The first-order valence-corrected chi connectivity index (χ1v) is 38.0. The number of thiazole rings is 2. The van der Waals surface area contributed by atoms with Gasteiger partial charge in [0.15, 0.2) is 16.7 Å². The molecule has 5 heterocycles. The van der Waals surface area contributed by atoms with Crippen LogP contribution in [0, 0.1) is 0 Å². The van der Waals surface area contributed by atoms with Crippen LogP contribution in [0.4, 0.5) is 79.3 Å². The lowest BCUT2D eigenvalue weighted by molar-refractivity contribution is -0.120. The molecular formula is C63H73N17O17S6. The van der Waals surface area contributed by atoms with Crippen molar-refractivity contribution in [3.63, 3.8) is 0 Å². The number of amides is 2. The Hall–Kier alpha value is -9.78. The van der Waals surface area contributed by atoms with Crippen LogP contribution in [0.2, 0.25) is 0 Å². The molecule has 2 amide bonds. The molecule has 4 aromatic carbocycles. The molecular weight excluding hydrogens is 1460 g/mol. The third kappa shape index (κ3) is 21.4. The Bertz CT molecular complexity index is 4480. The molecule has 0 bridgehead atoms. The molecule has 0 saturated carbocycles. The molecule has 0 atom stereocenters. The van der Waals surface area contributed by atoms with Crippen LogP contribution < -0.4 is 50.3 Å². The first-order valence-electron chi connectivity index (χ1n) is 31.5. The number of methoxy groups -OCH3 is 2. The van der Waals surface area contributed by atoms with Crippen LogP contribution >= 0.6 is 34.4 Å². The minimum atomic E-state index is -4.61. The van der Waals surface area contributed by atoms with E-state index < -0.39 is 64.0 Å². The molecule has 2 fully saturated rings. The molecule has 0 spiro atoms. The number of hydrogen-bond acceptors (Lipinski definition) is 33. The van der Waals surface area contributed by atoms with E-state index in [-0.39, 0.29) is 56.1 Å². The molecule has 7 aromatic rings. The van der Waals surface area contributed by atoms with Crippen molar-refractivity contribution < 1.29 is 76.7 Å². The van der Waals surface area contributed by atoms with Gasteiger partial charge in [0.05, 0.1) is 94.1 Å². The summed E-state index contributed by atoms with van der Waals surface area (Å²) in [5.41, 5.74) is 2.21. The summed E-state index contributed by atoms with van der Waals surface area (Å²) in [7, 11) is -9.24. The van der Waals surface area contributed by atoms with Crippen LogP contribution in [-0.2, 0) is 59.5 Å². The van der Waals surface area contributed by atoms with Crippen molar-refractivity contribution in [3.05, 3.63) is 93.7 Å². The Kier molecular flexibility index (Phi) is 27.9. The van der Waals surface area contributed by atoms with Gasteiger partial charge in [-0.15, -0.1) is 33.1 Å². The van der Waals surface area contributed by atoms with E-state index >= 15 is 0 Å². The van der Waals surface area contributed by atoms with Gasteiger partial charge in [-0.05, 0) is 108 Å². The Morgan fingerprint density at radius 3 is 1.30 bits per heavy atom. The van der Waals surface area contributed by atoms with Crippen molar-refractivity contribution in [2.24, 2.45) is 20.5 Å². The zero-order chi connectivity index (χ0) is 74.7. The van der Waals surface area contributed by atoms with E-state index in [1.54, 1.807) is 26.4 Å². The van der Waals surface area contributed by atoms with Gasteiger partial charge in [0, 0.05) is 75.9 Å². The number of anilines is 10. The summed E-state index contributed by atoms with van der Waals surface area (Å²) in [6, 6.07) is 17.0. The van der Waals surface area contributed by atoms with E-state index in [9.17, 15) is 45.1 Å². The molecule has 103 heavy (non-hydrogen) atoms. The second-order valence-electron chi connectivity index (χ2n) is 21.7. The van der Waals surface area contributed by atoms with Crippen molar-refractivity contribution in [2.75, 3.05) is 140 Å². The summed E-state index contributed by atoms with van der Waals surface area (Å²) in [5, 5.41) is 31.3. The highest BCUT2D eigenvalue weighted by Crippen LogP contribution is 2.45. The molecule has 548 valence electrons. The van der Waals surface area contributed by atoms with E-state index in [0.29, 0.717) is 145 Å². The fourth-order valence-electron chi connectivity index (χ4n) is 10.2. The quantitative estimate of drug-likeness (QED) is 0.00608. The number of Topliss-reactive ketones (excluding diaryl/α,β-unsaturated/α-hetero) is 2. The number of rotatable bonds is 30. The second-order valence-corrected chi connectivity index (χ2v) is 28.2. The summed E-state index contributed by atoms with van der Waals surface area (Å²) >= 11 is 3.47. The second kappa shape index (κ2) is 36.4. The van der Waals surface area contributed by atoms with Gasteiger partial charge in [-0.2, -0.15) is 41.8 Å². The van der Waals surface area contributed by atoms with Gasteiger partial charge >= 0.3 is 10.6 Å². The van der Waals surface area contributed by atoms with Gasteiger partial charge in [0.1, 0.15) is 34.5 Å². The molecule has 0 aliphatic carbocycles. The van der Waals surface area contributed by atoms with Gasteiger partial charge in [-0.25, -0.2) is 0 Å². The van der Waals surface area contributed by atoms with Gasteiger partial charge in [0.25, 0.3) is 32.1 Å². The molecule has 9 rings (SSSR count). The van der Waals surface area contributed by atoms with E-state index in [1.807, 2.05) is 56.6 Å². The maximum Gasteiger partial charge on any atom is 0.425 e. The molecule has 40 heteroatoms. The number of carbonyl (C=O) groups excluding carboxylic acids is 4. The number of azo groups is 2. The number of morpholine rings is 2. The first kappa shape index (κ1) is 78.9. The third-order valence-electron chi connectivity index (χ3n) is 15.1. The molecule has 2 saturated heterocycles. The highest BCUT2D eigenvalue weighted by Gasteiger charge is 2.27. The number of carbonyl (C=O) groups is 4. The average molecular weight is 1530 g/mol. The van der Waals surface area contributed by atoms with Crippen LogP contribution in [0.1, 0.15) is 58.2 Å². The van der Waals surface area contributed by atoms with Gasteiger partial charge in [-0.1, -0.05) is 53.5 Å². The van der Waals surface area contributed by atoms with Gasteiger partial charge < -0.3 is 59.8 Å². The Morgan fingerprint density at radius 2 is 0.971 bits per heavy atom.